The van der Waals surface area contributed by atoms with Crippen LogP contribution in [0.2, 0.25) is 0 Å². The lowest BCUT2D eigenvalue weighted by Gasteiger charge is -2.14. The SMILES string of the molecule is C=CCOCC(NC(=O)c1ccc(C#N)c(C)n1)C(=O)O. The maximum Gasteiger partial charge on any atom is 0.328 e. The van der Waals surface area contributed by atoms with Crippen molar-refractivity contribution in [1.29, 1.82) is 5.26 Å². The van der Waals surface area contributed by atoms with E-state index in [1.807, 2.05) is 6.07 Å². The molecule has 0 bridgehead atoms. The summed E-state index contributed by atoms with van der Waals surface area (Å²) in [6, 6.07) is 3.58. The van der Waals surface area contributed by atoms with Crippen LogP contribution < -0.4 is 5.32 Å². The average molecular weight is 289 g/mol. The van der Waals surface area contributed by atoms with E-state index >= 15 is 0 Å². The van der Waals surface area contributed by atoms with Crippen molar-refractivity contribution in [3.63, 3.8) is 0 Å². The van der Waals surface area contributed by atoms with Crippen LogP contribution in [0, 0.1) is 18.3 Å². The number of nitriles is 1. The van der Waals surface area contributed by atoms with Gasteiger partial charge in [-0.05, 0) is 19.1 Å². The smallest absolute Gasteiger partial charge is 0.328 e. The number of carboxylic acids is 1. The van der Waals surface area contributed by atoms with E-state index in [4.69, 9.17) is 15.1 Å². The van der Waals surface area contributed by atoms with Gasteiger partial charge in [-0.3, -0.25) is 4.79 Å². The molecule has 0 radical (unpaired) electrons. The molecule has 1 aromatic rings. The Bertz CT molecular complexity index is 592. The monoisotopic (exact) mass is 289 g/mol. The molecule has 21 heavy (non-hydrogen) atoms. The molecule has 0 aliphatic carbocycles. The maximum absolute atomic E-state index is 11.9. The van der Waals surface area contributed by atoms with Gasteiger partial charge in [0.1, 0.15) is 11.8 Å². The summed E-state index contributed by atoms with van der Waals surface area (Å²) >= 11 is 0. The van der Waals surface area contributed by atoms with Gasteiger partial charge in [0.2, 0.25) is 0 Å². The van der Waals surface area contributed by atoms with Crippen LogP contribution in [0.3, 0.4) is 0 Å². The minimum atomic E-state index is -1.21. The number of aryl methyl sites for hydroxylation is 1. The van der Waals surface area contributed by atoms with Gasteiger partial charge in [-0.1, -0.05) is 6.08 Å². The third-order valence-electron chi connectivity index (χ3n) is 2.56. The van der Waals surface area contributed by atoms with Crippen LogP contribution in [-0.4, -0.2) is 41.2 Å². The van der Waals surface area contributed by atoms with Gasteiger partial charge in [-0.2, -0.15) is 5.26 Å². The normalized spacial score (nSPS) is 11.2. The summed E-state index contributed by atoms with van der Waals surface area (Å²) < 4.78 is 5.03. The van der Waals surface area contributed by atoms with E-state index in [9.17, 15) is 9.59 Å². The molecular formula is C14H15N3O4. The molecule has 2 N–H and O–H groups in total. The zero-order chi connectivity index (χ0) is 15.8. The van der Waals surface area contributed by atoms with Gasteiger partial charge in [0.25, 0.3) is 5.91 Å². The van der Waals surface area contributed by atoms with Crippen LogP contribution in [-0.2, 0) is 9.53 Å². The van der Waals surface area contributed by atoms with Crippen LogP contribution in [0.1, 0.15) is 21.7 Å². The maximum atomic E-state index is 11.9. The summed E-state index contributed by atoms with van der Waals surface area (Å²) in [6.45, 7) is 5.05. The molecule has 7 heteroatoms. The molecule has 0 aliphatic heterocycles. The number of rotatable bonds is 7. The Kier molecular flexibility index (Phi) is 6.04. The highest BCUT2D eigenvalue weighted by atomic mass is 16.5. The van der Waals surface area contributed by atoms with E-state index in [0.29, 0.717) is 11.3 Å². The molecule has 1 atom stereocenters. The van der Waals surface area contributed by atoms with Crippen LogP contribution in [0.4, 0.5) is 0 Å². The van der Waals surface area contributed by atoms with Gasteiger partial charge in [0.15, 0.2) is 6.04 Å². The van der Waals surface area contributed by atoms with E-state index in [1.54, 1.807) is 6.92 Å². The minimum Gasteiger partial charge on any atom is -0.480 e. The van der Waals surface area contributed by atoms with Crippen molar-refractivity contribution in [3.8, 4) is 6.07 Å². The molecule has 110 valence electrons. The summed E-state index contributed by atoms with van der Waals surface area (Å²) in [5.74, 6) is -1.85. The summed E-state index contributed by atoms with van der Waals surface area (Å²) in [5, 5.41) is 20.1. The number of amides is 1. The first kappa shape index (κ1) is 16.3. The number of nitrogens with one attached hydrogen (secondary N) is 1. The van der Waals surface area contributed by atoms with E-state index < -0.39 is 17.9 Å². The topological polar surface area (TPSA) is 112 Å². The number of carbonyl (C=O) groups excluding carboxylic acids is 1. The van der Waals surface area contributed by atoms with Gasteiger partial charge >= 0.3 is 5.97 Å². The highest BCUT2D eigenvalue weighted by molar-refractivity contribution is 5.95. The molecule has 0 fully saturated rings. The molecule has 7 nitrogen and oxygen atoms in total. The molecule has 1 aromatic heterocycles. The fourth-order valence-corrected chi connectivity index (χ4v) is 1.48. The second kappa shape index (κ2) is 7.77. The van der Waals surface area contributed by atoms with Crippen molar-refractivity contribution in [2.24, 2.45) is 0 Å². The first-order valence-electron chi connectivity index (χ1n) is 6.09. The summed E-state index contributed by atoms with van der Waals surface area (Å²) in [6.07, 6.45) is 1.48. The molecule has 1 rings (SSSR count). The number of aromatic nitrogens is 1. The van der Waals surface area contributed by atoms with Crippen molar-refractivity contribution in [1.82, 2.24) is 10.3 Å². The lowest BCUT2D eigenvalue weighted by molar-refractivity contribution is -0.140. The van der Waals surface area contributed by atoms with Crippen molar-refractivity contribution in [2.45, 2.75) is 13.0 Å². The fraction of sp³-hybridized carbons (Fsp3) is 0.286. The third-order valence-corrected chi connectivity index (χ3v) is 2.56. The Balaban J connectivity index is 2.77. The number of hydrogen-bond acceptors (Lipinski definition) is 5. The number of hydrogen-bond donors (Lipinski definition) is 2. The van der Waals surface area contributed by atoms with Crippen molar-refractivity contribution >= 4 is 11.9 Å². The Labute approximate surface area is 121 Å². The standard InChI is InChI=1S/C14H15N3O4/c1-3-6-21-8-12(14(19)20)17-13(18)11-5-4-10(7-15)9(2)16-11/h3-5,12H,1,6,8H2,2H3,(H,17,18)(H,19,20). The number of carboxylic acid groups (broad SMARTS) is 1. The Morgan fingerprint density at radius 2 is 2.33 bits per heavy atom. The highest BCUT2D eigenvalue weighted by Crippen LogP contribution is 2.05. The van der Waals surface area contributed by atoms with Gasteiger partial charge in [-0.25, -0.2) is 9.78 Å². The molecule has 1 amide bonds. The molecule has 0 aromatic carbocycles. The lowest BCUT2D eigenvalue weighted by atomic mass is 10.2. The van der Waals surface area contributed by atoms with Crippen LogP contribution in [0.25, 0.3) is 0 Å². The summed E-state index contributed by atoms with van der Waals surface area (Å²) in [5.41, 5.74) is 0.803. The Morgan fingerprint density at radius 1 is 1.62 bits per heavy atom. The Hall–Kier alpha value is -2.72. The largest absolute Gasteiger partial charge is 0.480 e. The second-order valence-electron chi connectivity index (χ2n) is 4.13. The number of aliphatic carboxylic acids is 1. The predicted molar refractivity (Wildman–Crippen MR) is 73.6 cm³/mol. The molecular weight excluding hydrogens is 274 g/mol. The van der Waals surface area contributed by atoms with E-state index in [1.165, 1.54) is 18.2 Å². The number of carbonyl (C=O) groups is 2. The van der Waals surface area contributed by atoms with E-state index in [2.05, 4.69) is 16.9 Å². The molecule has 1 unspecified atom stereocenters. The van der Waals surface area contributed by atoms with E-state index in [-0.39, 0.29) is 18.9 Å². The Morgan fingerprint density at radius 3 is 2.86 bits per heavy atom. The first-order valence-corrected chi connectivity index (χ1v) is 6.09. The number of nitrogens with zero attached hydrogens (tertiary/aromatic N) is 2. The van der Waals surface area contributed by atoms with Crippen molar-refractivity contribution in [2.75, 3.05) is 13.2 Å². The molecule has 0 spiro atoms. The fourth-order valence-electron chi connectivity index (χ4n) is 1.48. The number of pyridine rings is 1. The molecule has 0 saturated heterocycles. The quantitative estimate of drug-likeness (QED) is 0.563. The molecule has 0 saturated carbocycles. The van der Waals surface area contributed by atoms with Gasteiger partial charge in [0.05, 0.1) is 24.5 Å². The second-order valence-corrected chi connectivity index (χ2v) is 4.13. The lowest BCUT2D eigenvalue weighted by Crippen LogP contribution is -2.44. The minimum absolute atomic E-state index is 0.0430. The number of ether oxygens (including phenoxy) is 1. The van der Waals surface area contributed by atoms with Crippen LogP contribution >= 0.6 is 0 Å². The van der Waals surface area contributed by atoms with Crippen LogP contribution in [0.5, 0.6) is 0 Å². The van der Waals surface area contributed by atoms with Crippen LogP contribution in [0.15, 0.2) is 24.8 Å². The zero-order valence-corrected chi connectivity index (χ0v) is 11.5. The summed E-state index contributed by atoms with van der Waals surface area (Å²) in [7, 11) is 0. The van der Waals surface area contributed by atoms with Gasteiger partial charge in [0, 0.05) is 0 Å². The summed E-state index contributed by atoms with van der Waals surface area (Å²) in [4.78, 5) is 27.0. The highest BCUT2D eigenvalue weighted by Gasteiger charge is 2.21. The van der Waals surface area contributed by atoms with Crippen molar-refractivity contribution in [3.05, 3.63) is 41.7 Å². The van der Waals surface area contributed by atoms with E-state index in [0.717, 1.165) is 0 Å². The third kappa shape index (κ3) is 4.71. The van der Waals surface area contributed by atoms with Crippen molar-refractivity contribution < 1.29 is 19.4 Å². The van der Waals surface area contributed by atoms with Gasteiger partial charge < -0.3 is 15.2 Å². The van der Waals surface area contributed by atoms with Gasteiger partial charge in [-0.15, -0.1) is 6.58 Å². The zero-order valence-electron chi connectivity index (χ0n) is 11.5. The molecule has 0 aliphatic rings. The average Bonchev–Trinajstić information content (AvgIpc) is 2.45. The first-order chi connectivity index (χ1) is 9.99. The predicted octanol–water partition coefficient (Wildman–Crippen LogP) is 0.647. The molecule has 1 heterocycles.